The van der Waals surface area contributed by atoms with Crippen molar-refractivity contribution in [3.8, 4) is 11.5 Å². The average Bonchev–Trinajstić information content (AvgIpc) is 3.11. The molecule has 0 aliphatic heterocycles. The minimum absolute atomic E-state index is 0.112. The molecular weight excluding hydrogens is 725 g/mol. The number of carboxylic acid groups (broad SMARTS) is 2. The van der Waals surface area contributed by atoms with Crippen LogP contribution in [0.4, 0.5) is 0 Å². The second kappa shape index (κ2) is 23.9. The molecule has 0 radical (unpaired) electrons. The number of unbranched alkanes of at least 4 members (excludes halogenated alkanes) is 2. The summed E-state index contributed by atoms with van der Waals surface area (Å²) in [5, 5.41) is 25.1. The van der Waals surface area contributed by atoms with Gasteiger partial charge in [-0.15, -0.1) is 0 Å². The van der Waals surface area contributed by atoms with Gasteiger partial charge in [0.05, 0.1) is 22.3 Å². The van der Waals surface area contributed by atoms with Crippen molar-refractivity contribution < 1.29 is 60.7 Å². The van der Waals surface area contributed by atoms with E-state index in [0.29, 0.717) is 77.4 Å². The lowest BCUT2D eigenvalue weighted by Crippen LogP contribution is -2.46. The predicted molar refractivity (Wildman–Crippen MR) is 201 cm³/mol. The number of carboxylic acids is 2. The summed E-state index contributed by atoms with van der Waals surface area (Å²) < 4.78 is 41.1. The van der Waals surface area contributed by atoms with E-state index in [1.54, 1.807) is 0 Å². The molecule has 4 N–H and O–H groups in total. The second-order valence-electron chi connectivity index (χ2n) is 11.5. The van der Waals surface area contributed by atoms with Crippen LogP contribution in [0.3, 0.4) is 0 Å². The lowest BCUT2D eigenvalue weighted by atomic mass is 10.1. The number of nitrogens with one attached hydrogen (secondary N) is 2. The number of aromatic carboxylic acids is 2. The highest BCUT2D eigenvalue weighted by molar-refractivity contribution is 6.61. The van der Waals surface area contributed by atoms with Crippen molar-refractivity contribution in [2.75, 3.05) is 52.7 Å². The van der Waals surface area contributed by atoms with Gasteiger partial charge in [0.2, 0.25) is 0 Å². The highest BCUT2D eigenvalue weighted by Crippen LogP contribution is 2.27. The van der Waals surface area contributed by atoms with E-state index in [2.05, 4.69) is 10.6 Å². The summed E-state index contributed by atoms with van der Waals surface area (Å²) in [6, 6.07) is 8.97. The monoisotopic (exact) mass is 780 g/mol. The van der Waals surface area contributed by atoms with Crippen LogP contribution in [-0.4, -0.2) is 104 Å². The molecule has 2 aromatic rings. The molecule has 0 aliphatic rings. The van der Waals surface area contributed by atoms with Gasteiger partial charge in [-0.2, -0.15) is 0 Å². The van der Waals surface area contributed by atoms with Crippen molar-refractivity contribution in [2.24, 2.45) is 0 Å². The van der Waals surface area contributed by atoms with Gasteiger partial charge in [-0.25, -0.2) is 9.59 Å². The van der Waals surface area contributed by atoms with Crippen LogP contribution in [-0.2, 0) is 26.6 Å². The van der Waals surface area contributed by atoms with Crippen LogP contribution >= 0.6 is 0 Å². The van der Waals surface area contributed by atoms with Crippen LogP contribution in [0.5, 0.6) is 11.5 Å². The van der Waals surface area contributed by atoms with Gasteiger partial charge in [0, 0.05) is 64.8 Å². The Labute approximate surface area is 314 Å². The van der Waals surface area contributed by atoms with Crippen molar-refractivity contribution in [2.45, 2.75) is 79.3 Å². The van der Waals surface area contributed by atoms with E-state index in [0.717, 1.165) is 0 Å². The van der Waals surface area contributed by atoms with Crippen molar-refractivity contribution in [3.63, 3.8) is 0 Å². The van der Waals surface area contributed by atoms with Crippen molar-refractivity contribution in [1.29, 1.82) is 0 Å². The number of hydrogen-bond donors (Lipinski definition) is 4. The molecule has 17 heteroatoms. The fourth-order valence-corrected chi connectivity index (χ4v) is 11.0. The van der Waals surface area contributed by atoms with Crippen LogP contribution in [0.1, 0.15) is 109 Å². The number of carbonyl (C=O) groups excluding carboxylic acids is 2. The van der Waals surface area contributed by atoms with Gasteiger partial charge in [0.1, 0.15) is 11.5 Å². The number of ether oxygens (including phenoxy) is 1. The SMILES string of the molecule is CCO[Si](CCCCNC(=O)c1cc(Oc2ccc(C(=O)O)c(C(=O)NCCCC[Si](OCC)(OCC)OCC)c2)ccc1C(=O)O)(OCC)OCC. The van der Waals surface area contributed by atoms with Crippen LogP contribution in [0.15, 0.2) is 36.4 Å². The van der Waals surface area contributed by atoms with Gasteiger partial charge >= 0.3 is 29.5 Å². The highest BCUT2D eigenvalue weighted by atomic mass is 28.4. The van der Waals surface area contributed by atoms with E-state index in [4.69, 9.17) is 31.3 Å². The molecule has 0 atom stereocenters. The molecular formula is C36H56N2O13Si2. The van der Waals surface area contributed by atoms with E-state index in [9.17, 15) is 29.4 Å². The van der Waals surface area contributed by atoms with Crippen LogP contribution < -0.4 is 15.4 Å². The maximum absolute atomic E-state index is 13.2. The van der Waals surface area contributed by atoms with Crippen molar-refractivity contribution in [3.05, 3.63) is 58.7 Å². The number of hydrogen-bond acceptors (Lipinski definition) is 11. The maximum atomic E-state index is 13.2. The van der Waals surface area contributed by atoms with E-state index in [1.165, 1.54) is 36.4 Å². The lowest BCUT2D eigenvalue weighted by Gasteiger charge is -2.28. The molecule has 296 valence electrons. The molecule has 15 nitrogen and oxygen atoms in total. The van der Waals surface area contributed by atoms with Gasteiger partial charge in [-0.3, -0.25) is 9.59 Å². The molecule has 0 spiro atoms. The van der Waals surface area contributed by atoms with Crippen LogP contribution in [0.2, 0.25) is 12.1 Å². The molecule has 0 heterocycles. The molecule has 53 heavy (non-hydrogen) atoms. The largest absolute Gasteiger partial charge is 0.500 e. The Hall–Kier alpha value is -3.69. The smallest absolute Gasteiger partial charge is 0.478 e. The maximum Gasteiger partial charge on any atom is 0.500 e. The first-order valence-electron chi connectivity index (χ1n) is 18.3. The zero-order valence-corrected chi connectivity index (χ0v) is 33.7. The second-order valence-corrected chi connectivity index (χ2v) is 17.0. The normalized spacial score (nSPS) is 11.7. The zero-order valence-electron chi connectivity index (χ0n) is 31.7. The van der Waals surface area contributed by atoms with Gasteiger partial charge < -0.3 is 52.1 Å². The Morgan fingerprint density at radius 1 is 0.509 bits per heavy atom. The Balaban J connectivity index is 2.12. The summed E-state index contributed by atoms with van der Waals surface area (Å²) in [5.74, 6) is -3.59. The van der Waals surface area contributed by atoms with Gasteiger partial charge in [0.15, 0.2) is 0 Å². The topological polar surface area (TPSA) is 197 Å². The minimum atomic E-state index is -2.83. The number of amides is 2. The molecule has 0 aromatic heterocycles. The standard InChI is InChI=1S/C36H56N2O13Si2/c1-7-45-52(46-8-2,47-9-3)23-15-13-21-37-33(39)31-25-27(17-19-29(31)35(41)42)51-28-18-20-30(36(43)44)32(26-28)34(40)38-22-14-16-24-53(48-10-4,49-11-5)50-12-6/h17-20,25-26H,7-16,21-24H2,1-6H3,(H,37,39)(H,38,40)(H,41,42)(H,43,44). The summed E-state index contributed by atoms with van der Waals surface area (Å²) in [7, 11) is -5.65. The van der Waals surface area contributed by atoms with E-state index in [-0.39, 0.29) is 46.8 Å². The molecule has 0 saturated heterocycles. The quantitative estimate of drug-likeness (QED) is 0.0581. The van der Waals surface area contributed by atoms with Crippen LogP contribution in [0.25, 0.3) is 0 Å². The average molecular weight is 781 g/mol. The van der Waals surface area contributed by atoms with Gasteiger partial charge in [-0.05, 0) is 104 Å². The molecule has 0 fully saturated rings. The first-order valence-corrected chi connectivity index (χ1v) is 22.1. The third kappa shape index (κ3) is 14.6. The third-order valence-corrected chi connectivity index (χ3v) is 14.0. The van der Waals surface area contributed by atoms with Crippen molar-refractivity contribution >= 4 is 41.4 Å². The molecule has 2 amide bonds. The first kappa shape index (κ1) is 45.5. The predicted octanol–water partition coefficient (Wildman–Crippen LogP) is 5.99. The highest BCUT2D eigenvalue weighted by Gasteiger charge is 2.40. The molecule has 0 saturated carbocycles. The number of carbonyl (C=O) groups is 4. The number of benzene rings is 2. The van der Waals surface area contributed by atoms with Crippen molar-refractivity contribution in [1.82, 2.24) is 10.6 Å². The summed E-state index contributed by atoms with van der Waals surface area (Å²) >= 11 is 0. The fraction of sp³-hybridized carbons (Fsp3) is 0.556. The zero-order chi connectivity index (χ0) is 39.3. The summed E-state index contributed by atoms with van der Waals surface area (Å²) in [5.41, 5.74) is -0.700. The Morgan fingerprint density at radius 3 is 1.11 bits per heavy atom. The number of rotatable bonds is 28. The van der Waals surface area contributed by atoms with E-state index in [1.807, 2.05) is 41.5 Å². The van der Waals surface area contributed by atoms with Gasteiger partial charge in [-0.1, -0.05) is 0 Å². The molecule has 2 aromatic carbocycles. The molecule has 0 bridgehead atoms. The Morgan fingerprint density at radius 2 is 0.830 bits per heavy atom. The van der Waals surface area contributed by atoms with Crippen LogP contribution in [0, 0.1) is 0 Å². The van der Waals surface area contributed by atoms with E-state index >= 15 is 0 Å². The fourth-order valence-electron chi connectivity index (χ4n) is 5.59. The Bertz CT molecular complexity index is 1340. The summed E-state index contributed by atoms with van der Waals surface area (Å²) in [4.78, 5) is 50.3. The van der Waals surface area contributed by atoms with E-state index < -0.39 is 41.4 Å². The first-order chi connectivity index (χ1) is 25.4. The molecule has 2 rings (SSSR count). The van der Waals surface area contributed by atoms with Gasteiger partial charge in [0.25, 0.3) is 11.8 Å². The third-order valence-electron chi connectivity index (χ3n) is 7.74. The summed E-state index contributed by atoms with van der Waals surface area (Å²) in [6.07, 6.45) is 2.45. The Kier molecular flexibility index (Phi) is 20.5. The molecule has 0 unspecified atom stereocenters. The summed E-state index contributed by atoms with van der Waals surface area (Å²) in [6.45, 7) is 14.6. The minimum Gasteiger partial charge on any atom is -0.478 e. The molecule has 0 aliphatic carbocycles. The lowest BCUT2D eigenvalue weighted by molar-refractivity contribution is 0.0682.